The van der Waals surface area contributed by atoms with Crippen molar-refractivity contribution in [1.29, 1.82) is 0 Å². The van der Waals surface area contributed by atoms with E-state index in [-0.39, 0.29) is 11.6 Å². The molecule has 0 aromatic carbocycles. The summed E-state index contributed by atoms with van der Waals surface area (Å²) in [6.07, 6.45) is -0.0292. The van der Waals surface area contributed by atoms with Gasteiger partial charge in [0.25, 0.3) is 5.88 Å². The van der Waals surface area contributed by atoms with E-state index in [2.05, 4.69) is 39.7 Å². The Bertz CT molecular complexity index is 444. The van der Waals surface area contributed by atoms with Crippen LogP contribution in [0.4, 0.5) is 5.82 Å². The van der Waals surface area contributed by atoms with Crippen molar-refractivity contribution in [3.05, 3.63) is 0 Å². The smallest absolute Gasteiger partial charge is 0.270 e. The second kappa shape index (κ2) is 8.05. The number of rotatable bonds is 7. The Labute approximate surface area is 136 Å². The minimum absolute atomic E-state index is 0.0292. The molecule has 0 saturated carbocycles. The van der Waals surface area contributed by atoms with Crippen molar-refractivity contribution in [2.24, 2.45) is 0 Å². The molecule has 1 aromatic rings. The lowest BCUT2D eigenvalue weighted by molar-refractivity contribution is 0.0524. The van der Waals surface area contributed by atoms with Gasteiger partial charge in [-0.05, 0) is 20.8 Å². The van der Waals surface area contributed by atoms with Crippen LogP contribution in [-0.4, -0.2) is 67.0 Å². The molecule has 0 amide bonds. The summed E-state index contributed by atoms with van der Waals surface area (Å²) in [4.78, 5) is 2.15. The summed E-state index contributed by atoms with van der Waals surface area (Å²) < 4.78 is 25.3. The average Bonchev–Trinajstić information content (AvgIpc) is 2.96. The normalized spacial score (nSPS) is 17.5. The van der Waals surface area contributed by atoms with E-state index in [1.165, 1.54) is 11.7 Å². The van der Waals surface area contributed by atoms with E-state index in [9.17, 15) is 0 Å². The third kappa shape index (κ3) is 5.35. The van der Waals surface area contributed by atoms with Gasteiger partial charge in [0.1, 0.15) is 12.7 Å². The summed E-state index contributed by atoms with van der Waals surface area (Å²) in [6.45, 7) is 10.6. The van der Waals surface area contributed by atoms with E-state index in [4.69, 9.17) is 14.2 Å². The zero-order chi connectivity index (χ0) is 16.0. The molecule has 0 radical (unpaired) electrons. The number of morpholine rings is 1. The lowest BCUT2D eigenvalue weighted by Gasteiger charge is -2.27. The van der Waals surface area contributed by atoms with Gasteiger partial charge >= 0.3 is 0 Å². The molecule has 0 spiro atoms. The van der Waals surface area contributed by atoms with E-state index in [0.29, 0.717) is 25.7 Å². The molecule has 2 heterocycles. The van der Waals surface area contributed by atoms with Gasteiger partial charge < -0.3 is 24.4 Å². The number of nitrogens with one attached hydrogen (secondary N) is 1. The number of hydrogen-bond donors (Lipinski definition) is 1. The summed E-state index contributed by atoms with van der Waals surface area (Å²) in [5.74, 6) is 1.40. The highest BCUT2D eigenvalue weighted by molar-refractivity contribution is 6.99. The number of nitrogens with zero attached hydrogens (tertiary/aromatic N) is 3. The van der Waals surface area contributed by atoms with Gasteiger partial charge in [-0.3, -0.25) is 0 Å². The van der Waals surface area contributed by atoms with Crippen LogP contribution in [0.1, 0.15) is 20.8 Å². The van der Waals surface area contributed by atoms with E-state index < -0.39 is 0 Å². The van der Waals surface area contributed by atoms with Gasteiger partial charge in [-0.25, -0.2) is 0 Å². The van der Waals surface area contributed by atoms with Crippen molar-refractivity contribution >= 4 is 17.5 Å². The van der Waals surface area contributed by atoms with Gasteiger partial charge in [-0.2, -0.15) is 4.37 Å². The summed E-state index contributed by atoms with van der Waals surface area (Å²) in [5.41, 5.74) is 0.0535. The topological polar surface area (TPSA) is 68.7 Å². The van der Waals surface area contributed by atoms with Crippen molar-refractivity contribution in [3.63, 3.8) is 0 Å². The van der Waals surface area contributed by atoms with Gasteiger partial charge in [0, 0.05) is 32.3 Å². The first-order valence-electron chi connectivity index (χ1n) is 7.55. The third-order valence-corrected chi connectivity index (χ3v) is 3.85. The van der Waals surface area contributed by atoms with E-state index >= 15 is 0 Å². The van der Waals surface area contributed by atoms with Gasteiger partial charge in [-0.1, -0.05) is 0 Å². The van der Waals surface area contributed by atoms with Crippen LogP contribution < -0.4 is 15.0 Å². The quantitative estimate of drug-likeness (QED) is 0.804. The van der Waals surface area contributed by atoms with Gasteiger partial charge in [0.2, 0.25) is 5.82 Å². The van der Waals surface area contributed by atoms with Crippen LogP contribution in [0.5, 0.6) is 5.88 Å². The number of anilines is 1. The highest BCUT2D eigenvalue weighted by atomic mass is 32.1. The standard InChI is InChI=1S/C14H26N4O3S/c1-14(2,3)15-9-11(19-4)10-21-13-12(16-22-17-13)18-5-7-20-8-6-18/h11,15H,5-10H2,1-4H3/t11-/m0/s1. The Morgan fingerprint density at radius 1 is 1.32 bits per heavy atom. The predicted molar refractivity (Wildman–Crippen MR) is 87.0 cm³/mol. The molecule has 0 aliphatic carbocycles. The van der Waals surface area contributed by atoms with Crippen LogP contribution in [0.3, 0.4) is 0 Å². The molecular formula is C14H26N4O3S. The Kier molecular flexibility index (Phi) is 6.37. The largest absolute Gasteiger partial charge is 0.472 e. The van der Waals surface area contributed by atoms with E-state index in [1.807, 2.05) is 0 Å². The summed E-state index contributed by atoms with van der Waals surface area (Å²) in [5, 5.41) is 3.42. The molecule has 1 atom stereocenters. The van der Waals surface area contributed by atoms with Crippen LogP contribution in [0.25, 0.3) is 0 Å². The molecule has 2 rings (SSSR count). The SMILES string of the molecule is CO[C@@H](CNC(C)(C)C)COc1nsnc1N1CCOCC1. The van der Waals surface area contributed by atoms with Crippen molar-refractivity contribution in [2.75, 3.05) is 51.5 Å². The van der Waals surface area contributed by atoms with Crippen LogP contribution in [0, 0.1) is 0 Å². The molecule has 1 aliphatic rings. The molecule has 1 N–H and O–H groups in total. The van der Waals surface area contributed by atoms with Crippen molar-refractivity contribution < 1.29 is 14.2 Å². The van der Waals surface area contributed by atoms with Crippen molar-refractivity contribution in [3.8, 4) is 5.88 Å². The first kappa shape index (κ1) is 17.4. The number of ether oxygens (including phenoxy) is 3. The average molecular weight is 330 g/mol. The van der Waals surface area contributed by atoms with Gasteiger partial charge in [-0.15, -0.1) is 4.37 Å². The monoisotopic (exact) mass is 330 g/mol. The Morgan fingerprint density at radius 2 is 2.05 bits per heavy atom. The molecule has 126 valence electrons. The van der Waals surface area contributed by atoms with Crippen LogP contribution in [0.15, 0.2) is 0 Å². The van der Waals surface area contributed by atoms with Crippen LogP contribution in [-0.2, 0) is 9.47 Å². The lowest BCUT2D eigenvalue weighted by atomic mass is 10.1. The van der Waals surface area contributed by atoms with Crippen molar-refractivity contribution in [2.45, 2.75) is 32.4 Å². The maximum Gasteiger partial charge on any atom is 0.270 e. The predicted octanol–water partition coefficient (Wildman–Crippen LogP) is 1.16. The second-order valence-corrected chi connectivity index (χ2v) is 6.82. The zero-order valence-corrected chi connectivity index (χ0v) is 14.6. The van der Waals surface area contributed by atoms with Gasteiger partial charge in [0.15, 0.2) is 0 Å². The molecular weight excluding hydrogens is 304 g/mol. The minimum atomic E-state index is -0.0292. The number of aromatic nitrogens is 2. The lowest BCUT2D eigenvalue weighted by Crippen LogP contribution is -2.43. The van der Waals surface area contributed by atoms with Crippen LogP contribution >= 0.6 is 11.7 Å². The summed E-state index contributed by atoms with van der Waals surface area (Å²) in [6, 6.07) is 0. The van der Waals surface area contributed by atoms with Crippen molar-refractivity contribution in [1.82, 2.24) is 14.1 Å². The molecule has 1 aliphatic heterocycles. The van der Waals surface area contributed by atoms with E-state index in [1.54, 1.807) is 7.11 Å². The molecule has 22 heavy (non-hydrogen) atoms. The molecule has 8 heteroatoms. The maximum absolute atomic E-state index is 5.84. The third-order valence-electron chi connectivity index (χ3n) is 3.35. The first-order chi connectivity index (χ1) is 10.5. The molecule has 1 fully saturated rings. The molecule has 0 unspecified atom stereocenters. The highest BCUT2D eigenvalue weighted by Crippen LogP contribution is 2.26. The number of hydrogen-bond acceptors (Lipinski definition) is 8. The number of methoxy groups -OCH3 is 1. The first-order valence-corrected chi connectivity index (χ1v) is 8.28. The minimum Gasteiger partial charge on any atom is -0.472 e. The van der Waals surface area contributed by atoms with E-state index in [0.717, 1.165) is 25.5 Å². The fourth-order valence-corrected chi connectivity index (χ4v) is 2.56. The fourth-order valence-electron chi connectivity index (χ4n) is 2.04. The molecule has 1 aromatic heterocycles. The highest BCUT2D eigenvalue weighted by Gasteiger charge is 2.21. The molecule has 1 saturated heterocycles. The zero-order valence-electron chi connectivity index (χ0n) is 13.8. The summed E-state index contributed by atoms with van der Waals surface area (Å²) in [7, 11) is 1.69. The maximum atomic E-state index is 5.84. The summed E-state index contributed by atoms with van der Waals surface area (Å²) >= 11 is 1.17. The fraction of sp³-hybridized carbons (Fsp3) is 0.857. The Balaban J connectivity index is 1.86. The molecule has 7 nitrogen and oxygen atoms in total. The van der Waals surface area contributed by atoms with Crippen LogP contribution in [0.2, 0.25) is 0 Å². The Hall–Kier alpha value is -0.960. The second-order valence-electron chi connectivity index (χ2n) is 6.29. The molecule has 0 bridgehead atoms. The Morgan fingerprint density at radius 3 is 2.68 bits per heavy atom. The van der Waals surface area contributed by atoms with Gasteiger partial charge in [0.05, 0.1) is 24.9 Å².